The number of anilines is 1. The van der Waals surface area contributed by atoms with E-state index in [-0.39, 0.29) is 5.91 Å². The molecule has 8 heteroatoms. The molecule has 1 aliphatic rings. The second-order valence-corrected chi connectivity index (χ2v) is 7.26. The zero-order chi connectivity index (χ0) is 18.4. The average Bonchev–Trinajstić information content (AvgIpc) is 3.09. The van der Waals surface area contributed by atoms with Crippen LogP contribution in [0.3, 0.4) is 0 Å². The van der Waals surface area contributed by atoms with Gasteiger partial charge in [0.15, 0.2) is 11.5 Å². The number of H-pyrrole nitrogens is 1. The maximum atomic E-state index is 12.8. The Hall–Kier alpha value is -2.58. The Kier molecular flexibility index (Phi) is 4.08. The van der Waals surface area contributed by atoms with Crippen LogP contribution in [0.5, 0.6) is 0 Å². The van der Waals surface area contributed by atoms with Crippen molar-refractivity contribution in [2.24, 2.45) is 5.10 Å². The van der Waals surface area contributed by atoms with Gasteiger partial charge in [-0.2, -0.15) is 14.9 Å². The first-order valence-corrected chi connectivity index (χ1v) is 9.08. The summed E-state index contributed by atoms with van der Waals surface area (Å²) in [4.78, 5) is 14.4. The Balaban J connectivity index is 1.94. The van der Waals surface area contributed by atoms with E-state index in [9.17, 15) is 4.79 Å². The van der Waals surface area contributed by atoms with Crippen LogP contribution in [0.4, 0.5) is 5.69 Å². The van der Waals surface area contributed by atoms with Crippen molar-refractivity contribution in [3.8, 4) is 11.4 Å². The molecule has 3 aromatic rings. The van der Waals surface area contributed by atoms with Crippen LogP contribution < -0.4 is 4.90 Å². The molecule has 6 nitrogen and oxygen atoms in total. The molecular formula is C18H14BrN5OS. The van der Waals surface area contributed by atoms with Gasteiger partial charge in [0, 0.05) is 22.6 Å². The molecule has 0 aliphatic carbocycles. The van der Waals surface area contributed by atoms with Gasteiger partial charge in [0.1, 0.15) is 0 Å². The minimum absolute atomic E-state index is 0.177. The maximum Gasteiger partial charge on any atom is 0.279 e. The van der Waals surface area contributed by atoms with Gasteiger partial charge in [-0.3, -0.25) is 4.79 Å². The number of aromatic amines is 1. The number of benzene rings is 2. The highest BCUT2D eigenvalue weighted by molar-refractivity contribution is 9.10. The summed E-state index contributed by atoms with van der Waals surface area (Å²) in [6.07, 6.45) is 0. The fraction of sp³-hybridized carbons (Fsp3) is 0.111. The maximum absolute atomic E-state index is 12.8. The molecular weight excluding hydrogens is 414 g/mol. The largest absolute Gasteiger partial charge is 0.309 e. The van der Waals surface area contributed by atoms with Crippen LogP contribution in [0.1, 0.15) is 11.1 Å². The van der Waals surface area contributed by atoms with E-state index in [0.717, 1.165) is 26.9 Å². The summed E-state index contributed by atoms with van der Waals surface area (Å²) in [6.45, 7) is 1.97. The number of nitrogens with zero attached hydrogens (tertiary/aromatic N) is 4. The lowest BCUT2D eigenvalue weighted by atomic mass is 10.1. The number of nitrogens with one attached hydrogen (secondary N) is 1. The second-order valence-electron chi connectivity index (χ2n) is 5.96. The molecule has 0 bridgehead atoms. The van der Waals surface area contributed by atoms with E-state index in [1.165, 1.54) is 4.68 Å². The molecule has 1 N–H and O–H groups in total. The first kappa shape index (κ1) is 16.9. The van der Waals surface area contributed by atoms with Crippen LogP contribution in [-0.4, -0.2) is 33.5 Å². The Morgan fingerprint density at radius 3 is 2.69 bits per heavy atom. The zero-order valence-electron chi connectivity index (χ0n) is 14.0. The summed E-state index contributed by atoms with van der Waals surface area (Å²) in [5, 5.41) is 11.6. The van der Waals surface area contributed by atoms with E-state index in [0.29, 0.717) is 16.3 Å². The fourth-order valence-corrected chi connectivity index (χ4v) is 3.84. The van der Waals surface area contributed by atoms with Gasteiger partial charge in [0.25, 0.3) is 5.91 Å². The quantitative estimate of drug-likeness (QED) is 0.630. The highest BCUT2D eigenvalue weighted by Crippen LogP contribution is 2.34. The van der Waals surface area contributed by atoms with Crippen molar-refractivity contribution in [3.63, 3.8) is 0 Å². The molecule has 0 atom stereocenters. The van der Waals surface area contributed by atoms with Crippen LogP contribution in [0.25, 0.3) is 11.4 Å². The van der Waals surface area contributed by atoms with Crippen molar-refractivity contribution in [3.05, 3.63) is 62.8 Å². The van der Waals surface area contributed by atoms with Crippen LogP contribution in [0.15, 0.2) is 52.0 Å². The van der Waals surface area contributed by atoms with Crippen LogP contribution in [0.2, 0.25) is 0 Å². The Labute approximate surface area is 163 Å². The highest BCUT2D eigenvalue weighted by atomic mass is 79.9. The average molecular weight is 428 g/mol. The minimum Gasteiger partial charge on any atom is -0.309 e. The van der Waals surface area contributed by atoms with Crippen LogP contribution >= 0.6 is 28.1 Å². The van der Waals surface area contributed by atoms with E-state index < -0.39 is 0 Å². The van der Waals surface area contributed by atoms with Crippen molar-refractivity contribution < 1.29 is 4.79 Å². The van der Waals surface area contributed by atoms with Gasteiger partial charge in [-0.05, 0) is 36.8 Å². The predicted molar refractivity (Wildman–Crippen MR) is 107 cm³/mol. The Bertz CT molecular complexity index is 1120. The number of carbonyl (C=O) groups is 1. The molecule has 1 aromatic heterocycles. The molecule has 130 valence electrons. The third-order valence-corrected chi connectivity index (χ3v) is 4.97. The third-order valence-electron chi connectivity index (χ3n) is 4.25. The lowest BCUT2D eigenvalue weighted by Gasteiger charge is -2.12. The topological polar surface area (TPSA) is 66.3 Å². The summed E-state index contributed by atoms with van der Waals surface area (Å²) in [6, 6.07) is 13.5. The molecule has 1 aliphatic heterocycles. The van der Waals surface area contributed by atoms with E-state index in [2.05, 4.69) is 31.2 Å². The van der Waals surface area contributed by atoms with E-state index >= 15 is 0 Å². The predicted octanol–water partition coefficient (Wildman–Crippen LogP) is 3.91. The number of hydrogen-bond acceptors (Lipinski definition) is 4. The lowest BCUT2D eigenvalue weighted by Crippen LogP contribution is -2.26. The van der Waals surface area contributed by atoms with Crippen molar-refractivity contribution in [2.45, 2.75) is 6.92 Å². The third kappa shape index (κ3) is 2.62. The molecule has 2 heterocycles. The number of hydrogen-bond donors (Lipinski definition) is 1. The number of aromatic nitrogens is 3. The molecule has 0 saturated carbocycles. The van der Waals surface area contributed by atoms with Crippen molar-refractivity contribution in [2.75, 3.05) is 11.9 Å². The standard InChI is InChI=1S/C18H14BrN5OS/c1-10-8-12(19)9-13-14(17(25)23(2)15(10)13)22-24-16(20-21-18(24)26)11-6-4-3-5-7-11/h3-9H,1-2H3,(H,21,26)/b22-14-. The van der Waals surface area contributed by atoms with Gasteiger partial charge in [0.2, 0.25) is 4.77 Å². The van der Waals surface area contributed by atoms with Gasteiger partial charge >= 0.3 is 0 Å². The van der Waals surface area contributed by atoms with Gasteiger partial charge in [-0.25, -0.2) is 5.10 Å². The normalized spacial score (nSPS) is 15.0. The van der Waals surface area contributed by atoms with E-state index in [1.54, 1.807) is 11.9 Å². The first-order valence-electron chi connectivity index (χ1n) is 7.88. The number of rotatable bonds is 2. The second kappa shape index (κ2) is 6.30. The van der Waals surface area contributed by atoms with Crippen LogP contribution in [0, 0.1) is 11.7 Å². The molecule has 0 unspecified atom stereocenters. The number of fused-ring (bicyclic) bond motifs is 1. The van der Waals surface area contributed by atoms with Gasteiger partial charge < -0.3 is 4.90 Å². The number of aryl methyl sites for hydroxylation is 1. The van der Waals surface area contributed by atoms with Gasteiger partial charge in [0.05, 0.1) is 5.69 Å². The highest BCUT2D eigenvalue weighted by Gasteiger charge is 2.33. The van der Waals surface area contributed by atoms with Gasteiger partial charge in [-0.15, -0.1) is 0 Å². The van der Waals surface area contributed by atoms with Crippen molar-refractivity contribution in [1.29, 1.82) is 0 Å². The summed E-state index contributed by atoms with van der Waals surface area (Å²) in [5.41, 5.74) is 3.81. The fourth-order valence-electron chi connectivity index (χ4n) is 3.09. The summed E-state index contributed by atoms with van der Waals surface area (Å²) in [5.74, 6) is 0.377. The number of amides is 1. The Morgan fingerprint density at radius 1 is 1.23 bits per heavy atom. The molecule has 0 radical (unpaired) electrons. The summed E-state index contributed by atoms with van der Waals surface area (Å²) in [7, 11) is 1.75. The van der Waals surface area contributed by atoms with Gasteiger partial charge in [-0.1, -0.05) is 46.3 Å². The molecule has 4 rings (SSSR count). The molecule has 0 fully saturated rings. The smallest absolute Gasteiger partial charge is 0.279 e. The number of likely N-dealkylation sites (N-methyl/N-ethyl adjacent to an activating group) is 1. The van der Waals surface area contributed by atoms with Crippen LogP contribution in [-0.2, 0) is 4.79 Å². The molecule has 0 saturated heterocycles. The first-order chi connectivity index (χ1) is 12.5. The molecule has 1 amide bonds. The monoisotopic (exact) mass is 427 g/mol. The van der Waals surface area contributed by atoms with Crippen molar-refractivity contribution >= 4 is 45.5 Å². The SMILES string of the molecule is Cc1cc(Br)cc2c1N(C)C(=O)/C2=N\n1c(-c2ccccc2)n[nH]c1=S. The van der Waals surface area contributed by atoms with E-state index in [4.69, 9.17) is 12.2 Å². The molecule has 26 heavy (non-hydrogen) atoms. The minimum atomic E-state index is -0.177. The number of halogens is 1. The summed E-state index contributed by atoms with van der Waals surface area (Å²) >= 11 is 8.83. The lowest BCUT2D eigenvalue weighted by molar-refractivity contribution is -0.112. The van der Waals surface area contributed by atoms with E-state index in [1.807, 2.05) is 49.4 Å². The molecule has 0 spiro atoms. The number of carbonyl (C=O) groups excluding carboxylic acids is 1. The zero-order valence-corrected chi connectivity index (χ0v) is 16.4. The van der Waals surface area contributed by atoms with Crippen molar-refractivity contribution in [1.82, 2.24) is 14.9 Å². The summed E-state index contributed by atoms with van der Waals surface area (Å²) < 4.78 is 2.72. The Morgan fingerprint density at radius 2 is 1.96 bits per heavy atom. The molecule has 2 aromatic carbocycles.